The van der Waals surface area contributed by atoms with Crippen LogP contribution in [0.25, 0.3) is 17.1 Å². The second-order valence-corrected chi connectivity index (χ2v) is 4.19. The Balaban J connectivity index is 2.20. The van der Waals surface area contributed by atoms with E-state index in [-0.39, 0.29) is 5.69 Å². The maximum atomic E-state index is 11.1. The predicted octanol–water partition coefficient (Wildman–Crippen LogP) is 2.63. The molecule has 0 fully saturated rings. The first-order chi connectivity index (χ1) is 9.75. The molecule has 2 aromatic heterocycles. The molecule has 98 valence electrons. The van der Waals surface area contributed by atoms with Crippen LogP contribution in [0, 0.1) is 0 Å². The quantitative estimate of drug-likeness (QED) is 0.790. The van der Waals surface area contributed by atoms with Crippen LogP contribution in [0.2, 0.25) is 0 Å². The Bertz CT molecular complexity index is 679. The molecule has 1 N–H and O–H groups in total. The van der Waals surface area contributed by atoms with Crippen LogP contribution in [0.1, 0.15) is 10.5 Å². The van der Waals surface area contributed by atoms with Crippen molar-refractivity contribution in [3.8, 4) is 17.1 Å². The van der Waals surface area contributed by atoms with Crippen molar-refractivity contribution in [3.63, 3.8) is 0 Å². The van der Waals surface area contributed by atoms with E-state index in [4.69, 9.17) is 5.11 Å². The Kier molecular flexibility index (Phi) is 3.01. The van der Waals surface area contributed by atoms with E-state index >= 15 is 0 Å². The van der Waals surface area contributed by atoms with Gasteiger partial charge in [-0.1, -0.05) is 36.4 Å². The summed E-state index contributed by atoms with van der Waals surface area (Å²) in [5.74, 6) is -0.476. The summed E-state index contributed by atoms with van der Waals surface area (Å²) < 4.78 is 1.54. The van der Waals surface area contributed by atoms with Crippen LogP contribution in [-0.2, 0) is 0 Å². The number of pyridine rings is 1. The molecular weight excluding hydrogens is 254 g/mol. The molecule has 1 aromatic carbocycles. The highest BCUT2D eigenvalue weighted by molar-refractivity contribution is 5.87. The summed E-state index contributed by atoms with van der Waals surface area (Å²) in [4.78, 5) is 15.3. The molecular formula is C15H11N3O2. The lowest BCUT2D eigenvalue weighted by Gasteiger charge is -2.05. The summed E-state index contributed by atoms with van der Waals surface area (Å²) in [6.07, 6.45) is 1.65. The third kappa shape index (κ3) is 2.16. The molecule has 0 amide bonds. The van der Waals surface area contributed by atoms with Gasteiger partial charge in [0.2, 0.25) is 0 Å². The molecule has 3 rings (SSSR count). The number of hydrogen-bond acceptors (Lipinski definition) is 3. The van der Waals surface area contributed by atoms with Crippen molar-refractivity contribution >= 4 is 5.97 Å². The summed E-state index contributed by atoms with van der Waals surface area (Å²) in [6, 6.07) is 16.5. The number of aromatic carboxylic acids is 1. The van der Waals surface area contributed by atoms with Gasteiger partial charge in [-0.2, -0.15) is 5.10 Å². The fraction of sp³-hybridized carbons (Fsp3) is 0. The second-order valence-electron chi connectivity index (χ2n) is 4.19. The standard InChI is InChI=1S/C15H11N3O2/c19-15(20)12-10-13(11-6-2-1-3-7-11)18(17-12)14-8-4-5-9-16-14/h1-10H,(H,19,20). The lowest BCUT2D eigenvalue weighted by molar-refractivity contribution is 0.0690. The largest absolute Gasteiger partial charge is 0.476 e. The number of aromatic nitrogens is 3. The molecule has 2 heterocycles. The summed E-state index contributed by atoms with van der Waals surface area (Å²) in [6.45, 7) is 0. The van der Waals surface area contributed by atoms with Gasteiger partial charge in [0.25, 0.3) is 0 Å². The molecule has 0 aliphatic carbocycles. The zero-order valence-corrected chi connectivity index (χ0v) is 10.5. The van der Waals surface area contributed by atoms with Gasteiger partial charge in [-0.05, 0) is 18.2 Å². The Morgan fingerprint density at radius 2 is 1.80 bits per heavy atom. The van der Waals surface area contributed by atoms with E-state index < -0.39 is 5.97 Å². The first-order valence-electron chi connectivity index (χ1n) is 6.06. The van der Waals surface area contributed by atoms with E-state index in [1.807, 2.05) is 36.4 Å². The highest BCUT2D eigenvalue weighted by atomic mass is 16.4. The highest BCUT2D eigenvalue weighted by Crippen LogP contribution is 2.22. The van der Waals surface area contributed by atoms with Gasteiger partial charge in [0.1, 0.15) is 0 Å². The van der Waals surface area contributed by atoms with E-state index in [0.717, 1.165) is 5.56 Å². The van der Waals surface area contributed by atoms with Crippen LogP contribution < -0.4 is 0 Å². The minimum atomic E-state index is -1.06. The van der Waals surface area contributed by atoms with Crippen molar-refractivity contribution in [1.82, 2.24) is 14.8 Å². The van der Waals surface area contributed by atoms with Crippen LogP contribution in [0.3, 0.4) is 0 Å². The van der Waals surface area contributed by atoms with Crippen molar-refractivity contribution in [3.05, 3.63) is 66.5 Å². The maximum Gasteiger partial charge on any atom is 0.356 e. The molecule has 5 heteroatoms. The van der Waals surface area contributed by atoms with Gasteiger partial charge in [-0.15, -0.1) is 0 Å². The highest BCUT2D eigenvalue weighted by Gasteiger charge is 2.16. The van der Waals surface area contributed by atoms with Crippen molar-refractivity contribution < 1.29 is 9.90 Å². The Hall–Kier alpha value is -2.95. The van der Waals surface area contributed by atoms with Crippen LogP contribution in [0.5, 0.6) is 0 Å². The smallest absolute Gasteiger partial charge is 0.356 e. The molecule has 0 aliphatic rings. The van der Waals surface area contributed by atoms with Crippen molar-refractivity contribution in [2.24, 2.45) is 0 Å². The molecule has 0 unspecified atom stereocenters. The SMILES string of the molecule is O=C(O)c1cc(-c2ccccc2)n(-c2ccccn2)n1. The van der Waals surface area contributed by atoms with Crippen molar-refractivity contribution in [1.29, 1.82) is 0 Å². The van der Waals surface area contributed by atoms with E-state index in [1.165, 1.54) is 0 Å². The number of hydrogen-bond donors (Lipinski definition) is 1. The number of benzene rings is 1. The molecule has 20 heavy (non-hydrogen) atoms. The topological polar surface area (TPSA) is 68.0 Å². The van der Waals surface area contributed by atoms with Crippen molar-refractivity contribution in [2.75, 3.05) is 0 Å². The van der Waals surface area contributed by atoms with Gasteiger partial charge in [0, 0.05) is 11.8 Å². The lowest BCUT2D eigenvalue weighted by Crippen LogP contribution is -2.03. The van der Waals surface area contributed by atoms with E-state index in [9.17, 15) is 4.79 Å². The molecule has 0 saturated heterocycles. The maximum absolute atomic E-state index is 11.1. The summed E-state index contributed by atoms with van der Waals surface area (Å²) in [5.41, 5.74) is 1.58. The van der Waals surface area contributed by atoms with Gasteiger partial charge < -0.3 is 5.11 Å². The monoisotopic (exact) mass is 265 g/mol. The Morgan fingerprint density at radius 1 is 1.05 bits per heavy atom. The first kappa shape index (κ1) is 12.1. The zero-order valence-electron chi connectivity index (χ0n) is 10.5. The zero-order chi connectivity index (χ0) is 13.9. The molecule has 0 aliphatic heterocycles. The van der Waals surface area contributed by atoms with Gasteiger partial charge in [0.05, 0.1) is 5.69 Å². The average molecular weight is 265 g/mol. The van der Waals surface area contributed by atoms with E-state index in [1.54, 1.807) is 29.1 Å². The second kappa shape index (κ2) is 4.97. The normalized spacial score (nSPS) is 10.4. The Labute approximate surface area is 115 Å². The number of carboxylic acids is 1. The van der Waals surface area contributed by atoms with Gasteiger partial charge in [-0.25, -0.2) is 14.5 Å². The lowest BCUT2D eigenvalue weighted by atomic mass is 10.1. The van der Waals surface area contributed by atoms with Crippen LogP contribution in [0.4, 0.5) is 0 Å². The number of carboxylic acid groups (broad SMARTS) is 1. The summed E-state index contributed by atoms with van der Waals surface area (Å²) in [5, 5.41) is 13.2. The molecule has 0 atom stereocenters. The average Bonchev–Trinajstić information content (AvgIpc) is 2.94. The fourth-order valence-electron chi connectivity index (χ4n) is 1.95. The van der Waals surface area contributed by atoms with Crippen LogP contribution in [0.15, 0.2) is 60.8 Å². The number of carbonyl (C=O) groups is 1. The third-order valence-corrected chi connectivity index (χ3v) is 2.86. The van der Waals surface area contributed by atoms with Gasteiger partial charge in [0.15, 0.2) is 11.5 Å². The van der Waals surface area contributed by atoms with Crippen molar-refractivity contribution in [2.45, 2.75) is 0 Å². The fourth-order valence-corrected chi connectivity index (χ4v) is 1.95. The first-order valence-corrected chi connectivity index (χ1v) is 6.06. The Morgan fingerprint density at radius 3 is 2.45 bits per heavy atom. The minimum Gasteiger partial charge on any atom is -0.476 e. The number of rotatable bonds is 3. The molecule has 0 radical (unpaired) electrons. The van der Waals surface area contributed by atoms with E-state index in [0.29, 0.717) is 11.5 Å². The summed E-state index contributed by atoms with van der Waals surface area (Å²) in [7, 11) is 0. The molecule has 3 aromatic rings. The van der Waals surface area contributed by atoms with Crippen LogP contribution >= 0.6 is 0 Å². The van der Waals surface area contributed by atoms with Crippen LogP contribution in [-0.4, -0.2) is 25.8 Å². The van der Waals surface area contributed by atoms with E-state index in [2.05, 4.69) is 10.1 Å². The molecule has 0 spiro atoms. The number of nitrogens with zero attached hydrogens (tertiary/aromatic N) is 3. The summed E-state index contributed by atoms with van der Waals surface area (Å²) >= 11 is 0. The minimum absolute atomic E-state index is 0.00509. The van der Waals surface area contributed by atoms with Gasteiger partial charge in [-0.3, -0.25) is 0 Å². The van der Waals surface area contributed by atoms with Gasteiger partial charge >= 0.3 is 5.97 Å². The molecule has 5 nitrogen and oxygen atoms in total. The molecule has 0 saturated carbocycles. The molecule has 0 bridgehead atoms. The third-order valence-electron chi connectivity index (χ3n) is 2.86. The predicted molar refractivity (Wildman–Crippen MR) is 73.8 cm³/mol.